The van der Waals surface area contributed by atoms with E-state index in [0.29, 0.717) is 12.5 Å². The Morgan fingerprint density at radius 2 is 2.46 bits per heavy atom. The average molecular weight is 213 g/mol. The van der Waals surface area contributed by atoms with Crippen LogP contribution in [0.15, 0.2) is 10.9 Å². The highest BCUT2D eigenvalue weighted by Crippen LogP contribution is 2.13. The second-order valence-corrected chi connectivity index (χ2v) is 3.76. The minimum Gasteiger partial charge on any atom is -0.367 e. The summed E-state index contributed by atoms with van der Waals surface area (Å²) in [6.45, 7) is 0.665. The van der Waals surface area contributed by atoms with Gasteiger partial charge in [-0.2, -0.15) is 9.36 Å². The standard InChI is InChI=1S/C6H7N5S2/c7-5-10-6(13-11-5)8-1-4-2-12-3-9-4/h2-3H,1H2,(H3,7,8,10,11). The molecule has 0 amide bonds. The summed E-state index contributed by atoms with van der Waals surface area (Å²) in [7, 11) is 0. The van der Waals surface area contributed by atoms with Crippen LogP contribution in [-0.2, 0) is 6.54 Å². The van der Waals surface area contributed by atoms with E-state index in [4.69, 9.17) is 5.73 Å². The fourth-order valence-corrected chi connectivity index (χ4v) is 1.85. The van der Waals surface area contributed by atoms with E-state index < -0.39 is 0 Å². The fourth-order valence-electron chi connectivity index (χ4n) is 0.798. The van der Waals surface area contributed by atoms with E-state index in [-0.39, 0.29) is 0 Å². The van der Waals surface area contributed by atoms with Gasteiger partial charge in [-0.1, -0.05) is 0 Å². The first-order valence-electron chi connectivity index (χ1n) is 3.55. The first-order valence-corrected chi connectivity index (χ1v) is 5.26. The van der Waals surface area contributed by atoms with Crippen LogP contribution in [0.25, 0.3) is 0 Å². The van der Waals surface area contributed by atoms with Gasteiger partial charge in [-0.05, 0) is 0 Å². The molecular weight excluding hydrogens is 206 g/mol. The summed E-state index contributed by atoms with van der Waals surface area (Å²) in [5.74, 6) is 0.311. The predicted molar refractivity (Wildman–Crippen MR) is 53.8 cm³/mol. The molecule has 0 spiro atoms. The van der Waals surface area contributed by atoms with Crippen molar-refractivity contribution in [2.75, 3.05) is 11.1 Å². The van der Waals surface area contributed by atoms with Crippen LogP contribution in [0.3, 0.4) is 0 Å². The Balaban J connectivity index is 1.93. The molecule has 0 aromatic carbocycles. The number of rotatable bonds is 3. The molecular formula is C6H7N5S2. The SMILES string of the molecule is Nc1nsc(NCc2cscn2)n1. The molecule has 0 aliphatic carbocycles. The number of aromatic nitrogens is 3. The molecule has 0 saturated carbocycles. The third kappa shape index (κ3) is 2.13. The lowest BCUT2D eigenvalue weighted by Crippen LogP contribution is -1.99. The van der Waals surface area contributed by atoms with Crippen LogP contribution in [-0.4, -0.2) is 14.3 Å². The van der Waals surface area contributed by atoms with Crippen molar-refractivity contribution in [1.29, 1.82) is 0 Å². The van der Waals surface area contributed by atoms with Gasteiger partial charge in [0.1, 0.15) is 0 Å². The Hall–Kier alpha value is -1.21. The van der Waals surface area contributed by atoms with Crippen molar-refractivity contribution in [2.24, 2.45) is 0 Å². The normalized spacial score (nSPS) is 10.2. The number of hydrogen-bond donors (Lipinski definition) is 2. The van der Waals surface area contributed by atoms with E-state index in [2.05, 4.69) is 19.7 Å². The zero-order valence-electron chi connectivity index (χ0n) is 6.60. The Bertz CT molecular complexity index is 368. The largest absolute Gasteiger partial charge is 0.367 e. The van der Waals surface area contributed by atoms with Crippen LogP contribution in [0.4, 0.5) is 11.1 Å². The minimum absolute atomic E-state index is 0.311. The van der Waals surface area contributed by atoms with Crippen molar-refractivity contribution in [3.8, 4) is 0 Å². The average Bonchev–Trinajstić information content (AvgIpc) is 2.71. The molecule has 68 valence electrons. The first kappa shape index (κ1) is 8.39. The molecule has 13 heavy (non-hydrogen) atoms. The number of hydrogen-bond acceptors (Lipinski definition) is 7. The zero-order valence-corrected chi connectivity index (χ0v) is 8.23. The molecule has 5 nitrogen and oxygen atoms in total. The molecule has 3 N–H and O–H groups in total. The van der Waals surface area contributed by atoms with E-state index >= 15 is 0 Å². The molecule has 0 atom stereocenters. The maximum absolute atomic E-state index is 5.36. The van der Waals surface area contributed by atoms with Crippen LogP contribution >= 0.6 is 22.9 Å². The van der Waals surface area contributed by atoms with E-state index in [1.807, 2.05) is 5.38 Å². The second-order valence-electron chi connectivity index (χ2n) is 2.29. The van der Waals surface area contributed by atoms with Crippen molar-refractivity contribution in [3.05, 3.63) is 16.6 Å². The van der Waals surface area contributed by atoms with Crippen molar-refractivity contribution in [3.63, 3.8) is 0 Å². The van der Waals surface area contributed by atoms with Crippen LogP contribution in [0.5, 0.6) is 0 Å². The summed E-state index contributed by atoms with van der Waals surface area (Å²) in [6.07, 6.45) is 0. The van der Waals surface area contributed by atoms with Crippen LogP contribution in [0, 0.1) is 0 Å². The highest BCUT2D eigenvalue weighted by molar-refractivity contribution is 7.09. The molecule has 2 aromatic rings. The quantitative estimate of drug-likeness (QED) is 0.800. The van der Waals surface area contributed by atoms with Gasteiger partial charge < -0.3 is 11.1 Å². The number of nitrogens with two attached hydrogens (primary N) is 1. The molecule has 0 radical (unpaired) electrons. The highest BCUT2D eigenvalue weighted by atomic mass is 32.1. The maximum Gasteiger partial charge on any atom is 0.233 e. The molecule has 0 aliphatic heterocycles. The summed E-state index contributed by atoms with van der Waals surface area (Å²) in [6, 6.07) is 0. The first-order chi connectivity index (χ1) is 6.34. The number of thiazole rings is 1. The van der Waals surface area contributed by atoms with Gasteiger partial charge in [0.25, 0.3) is 0 Å². The van der Waals surface area contributed by atoms with Gasteiger partial charge in [-0.3, -0.25) is 0 Å². The summed E-state index contributed by atoms with van der Waals surface area (Å²) in [4.78, 5) is 8.08. The monoisotopic (exact) mass is 213 g/mol. The van der Waals surface area contributed by atoms with Crippen LogP contribution in [0.1, 0.15) is 5.69 Å². The van der Waals surface area contributed by atoms with Crippen molar-refractivity contribution >= 4 is 33.9 Å². The third-order valence-electron chi connectivity index (χ3n) is 1.35. The van der Waals surface area contributed by atoms with E-state index in [1.54, 1.807) is 16.8 Å². The van der Waals surface area contributed by atoms with Crippen molar-refractivity contribution < 1.29 is 0 Å². The molecule has 2 heterocycles. The zero-order chi connectivity index (χ0) is 9.10. The number of nitrogens with one attached hydrogen (secondary N) is 1. The van der Waals surface area contributed by atoms with Crippen molar-refractivity contribution in [2.45, 2.75) is 6.54 Å². The van der Waals surface area contributed by atoms with Gasteiger partial charge in [0.2, 0.25) is 11.1 Å². The Labute approximate surface area is 82.8 Å². The van der Waals surface area contributed by atoms with Gasteiger partial charge in [0, 0.05) is 16.9 Å². The van der Waals surface area contributed by atoms with Gasteiger partial charge in [0.05, 0.1) is 17.7 Å². The van der Waals surface area contributed by atoms with Crippen molar-refractivity contribution in [1.82, 2.24) is 14.3 Å². The van der Waals surface area contributed by atoms with E-state index in [9.17, 15) is 0 Å². The lowest BCUT2D eigenvalue weighted by molar-refractivity contribution is 1.07. The van der Waals surface area contributed by atoms with Crippen LogP contribution < -0.4 is 11.1 Å². The molecule has 0 saturated heterocycles. The summed E-state index contributed by atoms with van der Waals surface area (Å²) in [5.41, 5.74) is 8.16. The van der Waals surface area contributed by atoms with Gasteiger partial charge >= 0.3 is 0 Å². The Morgan fingerprint density at radius 1 is 1.54 bits per heavy atom. The van der Waals surface area contributed by atoms with E-state index in [0.717, 1.165) is 10.8 Å². The summed E-state index contributed by atoms with van der Waals surface area (Å²) in [5, 5.41) is 5.79. The van der Waals surface area contributed by atoms with Gasteiger partial charge in [-0.15, -0.1) is 11.3 Å². The topological polar surface area (TPSA) is 76.7 Å². The second kappa shape index (κ2) is 3.67. The molecule has 0 bridgehead atoms. The Kier molecular flexibility index (Phi) is 2.37. The summed E-state index contributed by atoms with van der Waals surface area (Å²) >= 11 is 2.82. The molecule has 2 rings (SSSR count). The fraction of sp³-hybridized carbons (Fsp3) is 0.167. The number of anilines is 2. The number of nitrogen functional groups attached to an aromatic ring is 1. The lowest BCUT2D eigenvalue weighted by atomic mass is 10.5. The smallest absolute Gasteiger partial charge is 0.233 e. The number of nitrogens with zero attached hydrogens (tertiary/aromatic N) is 3. The van der Waals surface area contributed by atoms with Gasteiger partial charge in [-0.25, -0.2) is 4.98 Å². The molecule has 0 aliphatic rings. The van der Waals surface area contributed by atoms with E-state index in [1.165, 1.54) is 11.5 Å². The van der Waals surface area contributed by atoms with Gasteiger partial charge in [0.15, 0.2) is 0 Å². The molecule has 0 fully saturated rings. The summed E-state index contributed by atoms with van der Waals surface area (Å²) < 4.78 is 3.84. The molecule has 0 unspecified atom stereocenters. The van der Waals surface area contributed by atoms with Crippen LogP contribution in [0.2, 0.25) is 0 Å². The predicted octanol–water partition coefficient (Wildman–Crippen LogP) is 1.19. The molecule has 2 aromatic heterocycles. The lowest BCUT2D eigenvalue weighted by Gasteiger charge is -1.96. The molecule has 7 heteroatoms. The maximum atomic E-state index is 5.36. The third-order valence-corrected chi connectivity index (χ3v) is 2.67. The minimum atomic E-state index is 0.311. The Morgan fingerprint density at radius 3 is 3.08 bits per heavy atom. The highest BCUT2D eigenvalue weighted by Gasteiger charge is 2.00.